The first-order valence-electron chi connectivity index (χ1n) is 7.97. The van der Waals surface area contributed by atoms with Crippen molar-refractivity contribution in [2.24, 2.45) is 11.8 Å². The van der Waals surface area contributed by atoms with Crippen molar-refractivity contribution in [1.82, 2.24) is 5.32 Å². The fraction of sp³-hybridized carbons (Fsp3) is 0.611. The second kappa shape index (κ2) is 7.08. The van der Waals surface area contributed by atoms with Crippen LogP contribution < -0.4 is 5.32 Å². The van der Waals surface area contributed by atoms with E-state index in [4.69, 9.17) is 4.74 Å². The molecule has 3 nitrogen and oxygen atoms in total. The molecule has 0 bridgehead atoms. The minimum Gasteiger partial charge on any atom is -0.468 e. The van der Waals surface area contributed by atoms with Gasteiger partial charge in [-0.05, 0) is 37.2 Å². The van der Waals surface area contributed by atoms with E-state index in [0.717, 1.165) is 6.42 Å². The minimum atomic E-state index is -0.230. The van der Waals surface area contributed by atoms with Gasteiger partial charge in [0.15, 0.2) is 0 Å². The Morgan fingerprint density at radius 2 is 1.95 bits per heavy atom. The van der Waals surface area contributed by atoms with Gasteiger partial charge in [-0.2, -0.15) is 0 Å². The molecule has 1 N–H and O–H groups in total. The average Bonchev–Trinajstić information content (AvgIpc) is 3.33. The van der Waals surface area contributed by atoms with E-state index in [1.165, 1.54) is 31.1 Å². The van der Waals surface area contributed by atoms with Crippen molar-refractivity contribution >= 4 is 5.97 Å². The first kappa shape index (κ1) is 16.0. The lowest BCUT2D eigenvalue weighted by Crippen LogP contribution is -2.45. The molecule has 1 aromatic carbocycles. The number of hydrogen-bond donors (Lipinski definition) is 1. The molecule has 1 aliphatic rings. The van der Waals surface area contributed by atoms with Crippen molar-refractivity contribution in [2.75, 3.05) is 7.11 Å². The van der Waals surface area contributed by atoms with Crippen LogP contribution in [0.15, 0.2) is 24.3 Å². The molecule has 1 saturated carbocycles. The van der Waals surface area contributed by atoms with E-state index in [1.807, 2.05) is 0 Å². The monoisotopic (exact) mass is 289 g/mol. The third kappa shape index (κ3) is 4.07. The van der Waals surface area contributed by atoms with Gasteiger partial charge < -0.3 is 4.74 Å². The highest BCUT2D eigenvalue weighted by Crippen LogP contribution is 2.41. The summed E-state index contributed by atoms with van der Waals surface area (Å²) in [4.78, 5) is 12.1. The van der Waals surface area contributed by atoms with Crippen molar-refractivity contribution in [2.45, 2.75) is 52.1 Å². The van der Waals surface area contributed by atoms with E-state index in [9.17, 15) is 4.79 Å². The number of rotatable bonds is 7. The molecular weight excluding hydrogens is 262 g/mol. The summed E-state index contributed by atoms with van der Waals surface area (Å²) in [5.74, 6) is 0.759. The summed E-state index contributed by atoms with van der Waals surface area (Å²) in [5.41, 5.74) is 2.54. The number of hydrogen-bond acceptors (Lipinski definition) is 3. The molecule has 1 aliphatic carbocycles. The maximum atomic E-state index is 12.1. The lowest BCUT2D eigenvalue weighted by molar-refractivity contribution is -0.144. The van der Waals surface area contributed by atoms with Crippen LogP contribution in [0.3, 0.4) is 0 Å². The average molecular weight is 289 g/mol. The summed E-state index contributed by atoms with van der Waals surface area (Å²) in [6.45, 7) is 6.31. The molecule has 3 unspecified atom stereocenters. The van der Waals surface area contributed by atoms with Crippen LogP contribution in [0.1, 0.15) is 50.3 Å². The Kier molecular flexibility index (Phi) is 5.40. The molecular formula is C18H27NO2. The van der Waals surface area contributed by atoms with Gasteiger partial charge in [-0.25, -0.2) is 0 Å². The molecule has 0 radical (unpaired) electrons. The van der Waals surface area contributed by atoms with Gasteiger partial charge in [-0.3, -0.25) is 10.1 Å². The van der Waals surface area contributed by atoms with Gasteiger partial charge in [0, 0.05) is 6.04 Å². The Morgan fingerprint density at radius 1 is 1.33 bits per heavy atom. The maximum absolute atomic E-state index is 12.1. The quantitative estimate of drug-likeness (QED) is 0.779. The van der Waals surface area contributed by atoms with Crippen LogP contribution >= 0.6 is 0 Å². The third-order valence-electron chi connectivity index (χ3n) is 4.56. The lowest BCUT2D eigenvalue weighted by Gasteiger charge is -2.28. The fourth-order valence-electron chi connectivity index (χ4n) is 2.73. The molecule has 2 rings (SSSR count). The molecule has 0 heterocycles. The van der Waals surface area contributed by atoms with Crippen LogP contribution in [0, 0.1) is 18.8 Å². The summed E-state index contributed by atoms with van der Waals surface area (Å²) < 4.78 is 4.99. The molecule has 0 spiro atoms. The number of nitrogens with one attached hydrogen (secondary N) is 1. The molecule has 0 saturated heterocycles. The molecule has 0 aromatic heterocycles. The Balaban J connectivity index is 2.17. The van der Waals surface area contributed by atoms with Crippen LogP contribution in [0.4, 0.5) is 0 Å². The topological polar surface area (TPSA) is 38.3 Å². The van der Waals surface area contributed by atoms with Crippen molar-refractivity contribution in [3.63, 3.8) is 0 Å². The molecule has 1 aromatic rings. The largest absolute Gasteiger partial charge is 0.468 e. The Bertz CT molecular complexity index is 465. The molecule has 0 aliphatic heterocycles. The van der Waals surface area contributed by atoms with E-state index in [-0.39, 0.29) is 24.0 Å². The van der Waals surface area contributed by atoms with Crippen LogP contribution in [-0.4, -0.2) is 19.1 Å². The van der Waals surface area contributed by atoms with Crippen LogP contribution in [0.2, 0.25) is 0 Å². The zero-order valence-electron chi connectivity index (χ0n) is 13.6. The van der Waals surface area contributed by atoms with E-state index < -0.39 is 0 Å². The summed E-state index contributed by atoms with van der Waals surface area (Å²) >= 11 is 0. The number of carbonyl (C=O) groups is 1. The summed E-state index contributed by atoms with van der Waals surface area (Å²) in [7, 11) is 1.47. The normalized spacial score (nSPS) is 18.9. The molecule has 21 heavy (non-hydrogen) atoms. The number of carbonyl (C=O) groups excluding carboxylic acids is 1. The highest BCUT2D eigenvalue weighted by molar-refractivity contribution is 5.76. The number of benzene rings is 1. The standard InChI is InChI=1S/C18H27NO2/c1-5-13(3)16(18(20)21-4)19-17(15-10-11-15)14-8-6-12(2)7-9-14/h6-9,13,15-17,19H,5,10-11H2,1-4H3. The summed E-state index contributed by atoms with van der Waals surface area (Å²) in [6, 6.07) is 8.66. The van der Waals surface area contributed by atoms with Gasteiger partial charge in [-0.1, -0.05) is 50.1 Å². The van der Waals surface area contributed by atoms with Gasteiger partial charge in [0.1, 0.15) is 6.04 Å². The molecule has 3 heteroatoms. The number of methoxy groups -OCH3 is 1. The Morgan fingerprint density at radius 3 is 2.43 bits per heavy atom. The molecule has 0 amide bonds. The van der Waals surface area contributed by atoms with E-state index in [1.54, 1.807) is 0 Å². The maximum Gasteiger partial charge on any atom is 0.323 e. The number of ether oxygens (including phenoxy) is 1. The summed E-state index contributed by atoms with van der Waals surface area (Å²) in [5, 5.41) is 3.58. The number of esters is 1. The van der Waals surface area contributed by atoms with Crippen LogP contribution in [0.5, 0.6) is 0 Å². The second-order valence-corrected chi connectivity index (χ2v) is 6.28. The Hall–Kier alpha value is -1.35. The van der Waals surface area contributed by atoms with E-state index >= 15 is 0 Å². The van der Waals surface area contributed by atoms with Crippen molar-refractivity contribution < 1.29 is 9.53 Å². The Labute approximate surface area is 128 Å². The zero-order valence-corrected chi connectivity index (χ0v) is 13.6. The van der Waals surface area contributed by atoms with Gasteiger partial charge >= 0.3 is 5.97 Å². The summed E-state index contributed by atoms with van der Waals surface area (Å²) in [6.07, 6.45) is 3.43. The van der Waals surface area contributed by atoms with Gasteiger partial charge in [0.05, 0.1) is 7.11 Å². The highest BCUT2D eigenvalue weighted by atomic mass is 16.5. The van der Waals surface area contributed by atoms with Crippen molar-refractivity contribution in [3.05, 3.63) is 35.4 Å². The van der Waals surface area contributed by atoms with Gasteiger partial charge in [0.2, 0.25) is 0 Å². The predicted molar refractivity (Wildman–Crippen MR) is 85.0 cm³/mol. The van der Waals surface area contributed by atoms with Crippen molar-refractivity contribution in [1.29, 1.82) is 0 Å². The second-order valence-electron chi connectivity index (χ2n) is 6.28. The minimum absolute atomic E-state index is 0.151. The van der Waals surface area contributed by atoms with Gasteiger partial charge in [0.25, 0.3) is 0 Å². The molecule has 1 fully saturated rings. The third-order valence-corrected chi connectivity index (χ3v) is 4.56. The molecule has 3 atom stereocenters. The van der Waals surface area contributed by atoms with E-state index in [0.29, 0.717) is 5.92 Å². The van der Waals surface area contributed by atoms with Crippen molar-refractivity contribution in [3.8, 4) is 0 Å². The predicted octanol–water partition coefficient (Wildman–Crippen LogP) is 3.62. The highest BCUT2D eigenvalue weighted by Gasteiger charge is 2.36. The van der Waals surface area contributed by atoms with Crippen LogP contribution in [0.25, 0.3) is 0 Å². The zero-order chi connectivity index (χ0) is 15.4. The first-order chi connectivity index (χ1) is 10.1. The SMILES string of the molecule is CCC(C)C(NC(c1ccc(C)cc1)C1CC1)C(=O)OC. The van der Waals surface area contributed by atoms with Gasteiger partial charge in [-0.15, -0.1) is 0 Å². The smallest absolute Gasteiger partial charge is 0.323 e. The van der Waals surface area contributed by atoms with Crippen LogP contribution in [-0.2, 0) is 9.53 Å². The molecule has 116 valence electrons. The first-order valence-corrected chi connectivity index (χ1v) is 7.97. The number of aryl methyl sites for hydroxylation is 1. The fourth-order valence-corrected chi connectivity index (χ4v) is 2.73. The van der Waals surface area contributed by atoms with E-state index in [2.05, 4.69) is 50.4 Å². The lowest BCUT2D eigenvalue weighted by atomic mass is 9.94.